The lowest BCUT2D eigenvalue weighted by Gasteiger charge is -2.34. The summed E-state index contributed by atoms with van der Waals surface area (Å²) >= 11 is 0. The third kappa shape index (κ3) is 5.84. The number of rotatable bonds is 6. The summed E-state index contributed by atoms with van der Waals surface area (Å²) in [4.78, 5) is 37.1. The van der Waals surface area contributed by atoms with E-state index in [0.29, 0.717) is 30.6 Å². The molecular formula is C32H36N8O2. The number of nitrogens with one attached hydrogen (secondary N) is 1. The largest absolute Gasteiger partial charge is 0.383 e. The van der Waals surface area contributed by atoms with Crippen LogP contribution in [-0.2, 0) is 7.05 Å². The van der Waals surface area contributed by atoms with Crippen LogP contribution in [0.5, 0.6) is 0 Å². The summed E-state index contributed by atoms with van der Waals surface area (Å²) in [6.45, 7) is 5.25. The molecule has 0 spiro atoms. The van der Waals surface area contributed by atoms with Gasteiger partial charge in [0.15, 0.2) is 0 Å². The number of piperazine rings is 1. The average molecular weight is 565 g/mol. The van der Waals surface area contributed by atoms with Crippen LogP contribution in [0.15, 0.2) is 73.2 Å². The van der Waals surface area contributed by atoms with Crippen LogP contribution in [0.3, 0.4) is 0 Å². The average Bonchev–Trinajstić information content (AvgIpc) is 3.67. The van der Waals surface area contributed by atoms with Crippen LogP contribution < -0.4 is 16.0 Å². The number of amides is 2. The van der Waals surface area contributed by atoms with E-state index in [2.05, 4.69) is 56.5 Å². The number of nitrogen functional groups attached to an aromatic ring is 1. The highest BCUT2D eigenvalue weighted by Gasteiger charge is 2.29. The summed E-state index contributed by atoms with van der Waals surface area (Å²) in [6.07, 6.45) is 5.87. The van der Waals surface area contributed by atoms with E-state index >= 15 is 0 Å². The topological polar surface area (TPSA) is 113 Å². The van der Waals surface area contributed by atoms with Crippen molar-refractivity contribution in [2.45, 2.75) is 12.5 Å². The minimum atomic E-state index is -0.298. The Kier molecular flexibility index (Phi) is 7.62. The molecule has 1 atom stereocenters. The first-order valence-electron chi connectivity index (χ1n) is 14.3. The monoisotopic (exact) mass is 564 g/mol. The van der Waals surface area contributed by atoms with E-state index in [4.69, 9.17) is 5.73 Å². The zero-order valence-corrected chi connectivity index (χ0v) is 24.0. The molecule has 0 radical (unpaired) electrons. The Morgan fingerprint density at radius 3 is 2.21 bits per heavy atom. The molecule has 2 aliphatic rings. The molecule has 0 aliphatic carbocycles. The molecule has 2 aromatic heterocycles. The predicted molar refractivity (Wildman–Crippen MR) is 164 cm³/mol. The van der Waals surface area contributed by atoms with E-state index in [1.54, 1.807) is 28.0 Å². The molecule has 2 aromatic carbocycles. The Bertz CT molecular complexity index is 1570. The van der Waals surface area contributed by atoms with Gasteiger partial charge in [0.2, 0.25) is 0 Å². The van der Waals surface area contributed by atoms with E-state index in [1.807, 2.05) is 37.5 Å². The molecule has 2 saturated heterocycles. The third-order valence-corrected chi connectivity index (χ3v) is 8.21. The summed E-state index contributed by atoms with van der Waals surface area (Å²) in [7, 11) is 3.99. The van der Waals surface area contributed by atoms with Gasteiger partial charge in [0.1, 0.15) is 5.82 Å². The number of anilines is 2. The highest BCUT2D eigenvalue weighted by atomic mass is 16.2. The maximum atomic E-state index is 13.3. The van der Waals surface area contributed by atoms with Crippen LogP contribution >= 0.6 is 0 Å². The van der Waals surface area contributed by atoms with E-state index in [0.717, 1.165) is 48.4 Å². The summed E-state index contributed by atoms with van der Waals surface area (Å²) in [5.41, 5.74) is 12.0. The number of nitrogens with zero attached hydrogens (tertiary/aromatic N) is 6. The highest BCUT2D eigenvalue weighted by molar-refractivity contribution is 6.00. The van der Waals surface area contributed by atoms with E-state index in [9.17, 15) is 9.59 Å². The number of hydrogen-bond donors (Lipinski definition) is 2. The fourth-order valence-electron chi connectivity index (χ4n) is 5.63. The minimum absolute atomic E-state index is 0.0385. The lowest BCUT2D eigenvalue weighted by atomic mass is 10.0. The van der Waals surface area contributed by atoms with Crippen molar-refractivity contribution in [3.05, 3.63) is 84.3 Å². The SMILES string of the molecule is CN1CCN(c2ccc(-c3ccc(C(=O)N4CC[C@@H](NC(=O)c5cc(-c6cnn(C)c6)cnc5N)C4)cc3)cc2)CC1. The number of carbonyl (C=O) groups excluding carboxylic acids is 2. The summed E-state index contributed by atoms with van der Waals surface area (Å²) in [6, 6.07) is 18.0. The molecule has 0 saturated carbocycles. The normalized spacial score (nSPS) is 17.4. The fraction of sp³-hybridized carbons (Fsp3) is 0.312. The fourth-order valence-corrected chi connectivity index (χ4v) is 5.63. The van der Waals surface area contributed by atoms with Gasteiger partial charge in [-0.25, -0.2) is 4.98 Å². The molecule has 2 fully saturated rings. The van der Waals surface area contributed by atoms with Crippen LogP contribution in [0.2, 0.25) is 0 Å². The molecular weight excluding hydrogens is 528 g/mol. The van der Waals surface area contributed by atoms with Gasteiger partial charge < -0.3 is 25.8 Å². The molecule has 3 N–H and O–H groups in total. The minimum Gasteiger partial charge on any atom is -0.383 e. The van der Waals surface area contributed by atoms with Gasteiger partial charge >= 0.3 is 0 Å². The third-order valence-electron chi connectivity index (χ3n) is 8.21. The van der Waals surface area contributed by atoms with Gasteiger partial charge in [-0.05, 0) is 54.9 Å². The lowest BCUT2D eigenvalue weighted by Crippen LogP contribution is -2.44. The maximum Gasteiger partial charge on any atom is 0.255 e. The lowest BCUT2D eigenvalue weighted by molar-refractivity contribution is 0.0783. The summed E-state index contributed by atoms with van der Waals surface area (Å²) < 4.78 is 1.69. The number of pyridine rings is 1. The molecule has 0 bridgehead atoms. The number of likely N-dealkylation sites (N-methyl/N-ethyl adjacent to an activating group) is 1. The van der Waals surface area contributed by atoms with Gasteiger partial charge in [-0.2, -0.15) is 5.10 Å². The Hall–Kier alpha value is -4.70. The first kappa shape index (κ1) is 27.5. The number of carbonyl (C=O) groups is 2. The number of benzene rings is 2. The number of aryl methyl sites for hydroxylation is 1. The van der Waals surface area contributed by atoms with Gasteiger partial charge in [-0.1, -0.05) is 24.3 Å². The number of hydrogen-bond acceptors (Lipinski definition) is 7. The van der Waals surface area contributed by atoms with Crippen molar-refractivity contribution in [3.63, 3.8) is 0 Å². The highest BCUT2D eigenvalue weighted by Crippen LogP contribution is 2.26. The van der Waals surface area contributed by atoms with E-state index < -0.39 is 0 Å². The predicted octanol–water partition coefficient (Wildman–Crippen LogP) is 3.13. The van der Waals surface area contributed by atoms with Crippen LogP contribution in [0.4, 0.5) is 11.5 Å². The molecule has 2 amide bonds. The molecule has 6 rings (SSSR count). The molecule has 2 aliphatic heterocycles. The molecule has 0 unspecified atom stereocenters. The Labute approximate surface area is 245 Å². The molecule has 42 heavy (non-hydrogen) atoms. The van der Waals surface area contributed by atoms with Gasteiger partial charge in [0.25, 0.3) is 11.8 Å². The zero-order chi connectivity index (χ0) is 29.2. The van der Waals surface area contributed by atoms with Crippen molar-refractivity contribution in [2.24, 2.45) is 7.05 Å². The number of aromatic nitrogens is 3. The van der Waals surface area contributed by atoms with Crippen LogP contribution in [-0.4, -0.2) is 88.7 Å². The van der Waals surface area contributed by atoms with E-state index in [-0.39, 0.29) is 23.7 Å². The summed E-state index contributed by atoms with van der Waals surface area (Å²) in [5.74, 6) is -0.170. The standard InChI is InChI=1S/C32H36N8O2/c1-37-13-15-39(16-14-37)28-9-7-23(8-10-28)22-3-5-24(6-4-22)32(42)40-12-11-27(21-40)36-31(41)29-17-25(18-34-30(29)33)26-19-35-38(2)20-26/h3-10,17-20,27H,11-16,21H2,1-2H3,(H2,33,34)(H,36,41)/t27-/m1/s1. The number of likely N-dealkylation sites (tertiary alicyclic amines) is 1. The second kappa shape index (κ2) is 11.7. The maximum absolute atomic E-state index is 13.3. The second-order valence-electron chi connectivity index (χ2n) is 11.2. The van der Waals surface area contributed by atoms with E-state index in [1.165, 1.54) is 5.69 Å². The Morgan fingerprint density at radius 2 is 1.55 bits per heavy atom. The van der Waals surface area contributed by atoms with Crippen molar-refractivity contribution in [1.82, 2.24) is 29.9 Å². The van der Waals surface area contributed by atoms with Crippen LogP contribution in [0.25, 0.3) is 22.3 Å². The Morgan fingerprint density at radius 1 is 0.857 bits per heavy atom. The molecule has 4 aromatic rings. The molecule has 4 heterocycles. The van der Waals surface area contributed by atoms with Gasteiger partial charge in [0.05, 0.1) is 11.8 Å². The quantitative estimate of drug-likeness (QED) is 0.370. The van der Waals surface area contributed by atoms with Gasteiger partial charge in [0, 0.05) is 87.1 Å². The van der Waals surface area contributed by atoms with Crippen molar-refractivity contribution in [3.8, 4) is 22.3 Å². The Balaban J connectivity index is 1.05. The molecule has 216 valence electrons. The smallest absolute Gasteiger partial charge is 0.255 e. The van der Waals surface area contributed by atoms with Crippen molar-refractivity contribution < 1.29 is 9.59 Å². The number of nitrogens with two attached hydrogens (primary N) is 1. The van der Waals surface area contributed by atoms with Crippen molar-refractivity contribution >= 4 is 23.3 Å². The zero-order valence-electron chi connectivity index (χ0n) is 24.0. The molecule has 10 heteroatoms. The van der Waals surface area contributed by atoms with Gasteiger partial charge in [-0.3, -0.25) is 14.3 Å². The van der Waals surface area contributed by atoms with Crippen LogP contribution in [0.1, 0.15) is 27.1 Å². The summed E-state index contributed by atoms with van der Waals surface area (Å²) in [5, 5.41) is 7.22. The van der Waals surface area contributed by atoms with Gasteiger partial charge in [-0.15, -0.1) is 0 Å². The van der Waals surface area contributed by atoms with Crippen molar-refractivity contribution in [1.29, 1.82) is 0 Å². The first-order valence-corrected chi connectivity index (χ1v) is 14.3. The first-order chi connectivity index (χ1) is 20.3. The second-order valence-corrected chi connectivity index (χ2v) is 11.2. The molecule has 10 nitrogen and oxygen atoms in total. The van der Waals surface area contributed by atoms with Crippen LogP contribution in [0, 0.1) is 0 Å². The van der Waals surface area contributed by atoms with Crippen molar-refractivity contribution in [2.75, 3.05) is 56.9 Å².